The van der Waals surface area contributed by atoms with E-state index in [0.717, 1.165) is 17.5 Å². The molecule has 0 bridgehead atoms. The third-order valence-corrected chi connectivity index (χ3v) is 3.25. The van der Waals surface area contributed by atoms with Crippen molar-refractivity contribution in [3.8, 4) is 0 Å². The maximum absolute atomic E-state index is 10.7. The molecule has 4 N–H and O–H groups in total. The fraction of sp³-hybridized carbons (Fsp3) is 0.0526. The first-order chi connectivity index (χ1) is 11.0. The minimum atomic E-state index is -0.459. The van der Waals surface area contributed by atoms with E-state index >= 15 is 0 Å². The van der Waals surface area contributed by atoms with E-state index in [4.69, 9.17) is 11.5 Å². The van der Waals surface area contributed by atoms with Crippen LogP contribution in [0.2, 0.25) is 0 Å². The lowest BCUT2D eigenvalue weighted by Gasteiger charge is -2.03. The summed E-state index contributed by atoms with van der Waals surface area (Å²) in [6.07, 6.45) is 6.86. The number of carbonyl (C=O) groups excluding carboxylic acids is 2. The highest BCUT2D eigenvalue weighted by atomic mass is 16.1. The molecule has 4 nitrogen and oxygen atoms in total. The monoisotopic (exact) mass is 306 g/mol. The molecular weight excluding hydrogens is 288 g/mol. The van der Waals surface area contributed by atoms with Crippen LogP contribution in [-0.4, -0.2) is 11.8 Å². The molecule has 2 amide bonds. The molecular formula is C19H18N2O2. The molecule has 0 aromatic heterocycles. The first-order valence-corrected chi connectivity index (χ1v) is 7.16. The molecule has 0 saturated carbocycles. The molecule has 0 aliphatic carbocycles. The first-order valence-electron chi connectivity index (χ1n) is 7.16. The summed E-state index contributed by atoms with van der Waals surface area (Å²) in [6, 6.07) is 15.8. The van der Waals surface area contributed by atoms with Gasteiger partial charge in [0.25, 0.3) is 0 Å². The molecule has 23 heavy (non-hydrogen) atoms. The number of amides is 2. The molecule has 0 unspecified atom stereocenters. The normalized spacial score (nSPS) is 11.1. The van der Waals surface area contributed by atoms with Crippen molar-refractivity contribution in [2.24, 2.45) is 11.5 Å². The molecule has 2 rings (SSSR count). The van der Waals surface area contributed by atoms with Gasteiger partial charge in [-0.25, -0.2) is 0 Å². The zero-order valence-corrected chi connectivity index (χ0v) is 12.6. The lowest BCUT2D eigenvalue weighted by molar-refractivity contribution is -0.114. The number of hydrogen-bond donors (Lipinski definition) is 2. The first kappa shape index (κ1) is 16.2. The molecule has 116 valence electrons. The Balaban J connectivity index is 2.01. The molecule has 0 spiro atoms. The standard InChI is InChI=1S/C19H18N2O2/c20-18(22)11-9-14-1-5-16(6-2-14)13-17-7-3-15(4-8-17)10-12-19(21)23/h1-12H,13H2,(H2,20,22)(H2,21,23). The summed E-state index contributed by atoms with van der Waals surface area (Å²) in [4.78, 5) is 21.4. The lowest BCUT2D eigenvalue weighted by atomic mass is 10.0. The van der Waals surface area contributed by atoms with Gasteiger partial charge in [0.2, 0.25) is 11.8 Å². The van der Waals surface area contributed by atoms with Crippen molar-refractivity contribution in [1.29, 1.82) is 0 Å². The second-order valence-corrected chi connectivity index (χ2v) is 5.13. The SMILES string of the molecule is NC(=O)C=Cc1ccc(Cc2ccc(C=CC(N)=O)cc2)cc1. The molecule has 0 aliphatic rings. The number of benzene rings is 2. The zero-order chi connectivity index (χ0) is 16.7. The van der Waals surface area contributed by atoms with Gasteiger partial charge >= 0.3 is 0 Å². The summed E-state index contributed by atoms with van der Waals surface area (Å²) in [5.41, 5.74) is 14.3. The Bertz CT molecular complexity index is 676. The van der Waals surface area contributed by atoms with Gasteiger partial charge in [-0.2, -0.15) is 0 Å². The average Bonchev–Trinajstić information content (AvgIpc) is 2.53. The fourth-order valence-electron chi connectivity index (χ4n) is 2.09. The van der Waals surface area contributed by atoms with Gasteiger partial charge in [-0.15, -0.1) is 0 Å². The third-order valence-electron chi connectivity index (χ3n) is 3.25. The molecule has 0 radical (unpaired) electrons. The Morgan fingerprint density at radius 3 is 1.35 bits per heavy atom. The van der Waals surface area contributed by atoms with Crippen molar-refractivity contribution >= 4 is 24.0 Å². The molecule has 0 aliphatic heterocycles. The van der Waals surface area contributed by atoms with Crippen molar-refractivity contribution in [3.63, 3.8) is 0 Å². The van der Waals surface area contributed by atoms with E-state index in [2.05, 4.69) is 0 Å². The van der Waals surface area contributed by atoms with E-state index in [9.17, 15) is 9.59 Å². The van der Waals surface area contributed by atoms with Crippen LogP contribution in [0.25, 0.3) is 12.2 Å². The molecule has 4 heteroatoms. The van der Waals surface area contributed by atoms with Gasteiger partial charge in [-0.3, -0.25) is 9.59 Å². The molecule has 0 saturated heterocycles. The van der Waals surface area contributed by atoms with E-state index in [-0.39, 0.29) is 0 Å². The van der Waals surface area contributed by atoms with Crippen LogP contribution in [0, 0.1) is 0 Å². The summed E-state index contributed by atoms with van der Waals surface area (Å²) in [5, 5.41) is 0. The minimum absolute atomic E-state index is 0.459. The van der Waals surface area contributed by atoms with Crippen LogP contribution in [0.4, 0.5) is 0 Å². The largest absolute Gasteiger partial charge is 0.366 e. The van der Waals surface area contributed by atoms with Gasteiger partial charge in [0.15, 0.2) is 0 Å². The van der Waals surface area contributed by atoms with E-state index < -0.39 is 11.8 Å². The van der Waals surface area contributed by atoms with Gasteiger partial charge in [0.05, 0.1) is 0 Å². The predicted octanol–water partition coefficient (Wildman–Crippen LogP) is 2.27. The van der Waals surface area contributed by atoms with Crippen molar-refractivity contribution in [3.05, 3.63) is 82.9 Å². The highest BCUT2D eigenvalue weighted by Crippen LogP contribution is 2.13. The number of nitrogens with two attached hydrogens (primary N) is 2. The summed E-state index contributed by atoms with van der Waals surface area (Å²) in [7, 11) is 0. The number of hydrogen-bond acceptors (Lipinski definition) is 2. The van der Waals surface area contributed by atoms with Gasteiger partial charge < -0.3 is 11.5 Å². The van der Waals surface area contributed by atoms with E-state index in [1.165, 1.54) is 23.3 Å². The van der Waals surface area contributed by atoms with Crippen LogP contribution in [-0.2, 0) is 16.0 Å². The Hall–Kier alpha value is -3.14. The number of carbonyl (C=O) groups is 2. The van der Waals surface area contributed by atoms with Crippen LogP contribution in [0.1, 0.15) is 22.3 Å². The van der Waals surface area contributed by atoms with Crippen molar-refractivity contribution < 1.29 is 9.59 Å². The Morgan fingerprint density at radius 2 is 1.04 bits per heavy atom. The van der Waals surface area contributed by atoms with E-state index in [1.54, 1.807) is 12.2 Å². The lowest BCUT2D eigenvalue weighted by Crippen LogP contribution is -2.05. The maximum Gasteiger partial charge on any atom is 0.241 e. The second-order valence-electron chi connectivity index (χ2n) is 5.13. The number of primary amides is 2. The highest BCUT2D eigenvalue weighted by Gasteiger charge is 1.97. The van der Waals surface area contributed by atoms with E-state index in [0.29, 0.717) is 0 Å². The quantitative estimate of drug-likeness (QED) is 0.802. The molecule has 2 aromatic carbocycles. The maximum atomic E-state index is 10.7. The number of rotatable bonds is 6. The van der Waals surface area contributed by atoms with Gasteiger partial charge in [-0.05, 0) is 40.8 Å². The summed E-state index contributed by atoms with van der Waals surface area (Å²) in [6.45, 7) is 0. The summed E-state index contributed by atoms with van der Waals surface area (Å²) < 4.78 is 0. The third kappa shape index (κ3) is 5.63. The molecule has 0 fully saturated rings. The highest BCUT2D eigenvalue weighted by molar-refractivity contribution is 5.90. The van der Waals surface area contributed by atoms with Crippen LogP contribution in [0.15, 0.2) is 60.7 Å². The predicted molar refractivity (Wildman–Crippen MR) is 92.1 cm³/mol. The van der Waals surface area contributed by atoms with Gasteiger partial charge in [0, 0.05) is 12.2 Å². The Morgan fingerprint density at radius 1 is 0.696 bits per heavy atom. The second kappa shape index (κ2) is 7.75. The Labute approximate surface area is 135 Å². The minimum Gasteiger partial charge on any atom is -0.366 e. The van der Waals surface area contributed by atoms with Crippen molar-refractivity contribution in [1.82, 2.24) is 0 Å². The summed E-state index contributed by atoms with van der Waals surface area (Å²) in [5.74, 6) is -0.917. The molecule has 2 aromatic rings. The topological polar surface area (TPSA) is 86.2 Å². The van der Waals surface area contributed by atoms with Crippen LogP contribution < -0.4 is 11.5 Å². The zero-order valence-electron chi connectivity index (χ0n) is 12.6. The van der Waals surface area contributed by atoms with Gasteiger partial charge in [0.1, 0.15) is 0 Å². The van der Waals surface area contributed by atoms with Gasteiger partial charge in [-0.1, -0.05) is 48.5 Å². The van der Waals surface area contributed by atoms with Crippen LogP contribution in [0.3, 0.4) is 0 Å². The van der Waals surface area contributed by atoms with Crippen LogP contribution >= 0.6 is 0 Å². The van der Waals surface area contributed by atoms with E-state index in [1.807, 2.05) is 48.5 Å². The smallest absolute Gasteiger partial charge is 0.241 e. The molecule has 0 heterocycles. The van der Waals surface area contributed by atoms with Crippen molar-refractivity contribution in [2.75, 3.05) is 0 Å². The fourth-order valence-corrected chi connectivity index (χ4v) is 2.09. The summed E-state index contributed by atoms with van der Waals surface area (Å²) >= 11 is 0. The average molecular weight is 306 g/mol. The van der Waals surface area contributed by atoms with Crippen LogP contribution in [0.5, 0.6) is 0 Å². The van der Waals surface area contributed by atoms with Crippen molar-refractivity contribution in [2.45, 2.75) is 6.42 Å². The Kier molecular flexibility index (Phi) is 5.47. The molecule has 0 atom stereocenters.